The summed E-state index contributed by atoms with van der Waals surface area (Å²) in [5, 5.41) is 1.84. The Labute approximate surface area is 133 Å². The molecule has 0 saturated heterocycles. The van der Waals surface area contributed by atoms with Gasteiger partial charge in [0.2, 0.25) is 5.91 Å². The number of hydrogen-bond donors (Lipinski definition) is 1. The highest BCUT2D eigenvalue weighted by Gasteiger charge is 2.31. The second-order valence-corrected chi connectivity index (χ2v) is 8.55. The predicted molar refractivity (Wildman–Crippen MR) is 87.6 cm³/mol. The van der Waals surface area contributed by atoms with Gasteiger partial charge in [-0.25, -0.2) is 8.42 Å². The van der Waals surface area contributed by atoms with Crippen molar-refractivity contribution in [3.8, 4) is 0 Å². The molecule has 0 aliphatic heterocycles. The molecule has 5 heteroatoms. The van der Waals surface area contributed by atoms with Crippen LogP contribution in [0.1, 0.15) is 50.2 Å². The number of aryl methyl sites for hydroxylation is 2. The van der Waals surface area contributed by atoms with E-state index in [0.717, 1.165) is 36.8 Å². The summed E-state index contributed by atoms with van der Waals surface area (Å²) in [4.78, 5) is 12.5. The Morgan fingerprint density at radius 3 is 2.36 bits per heavy atom. The summed E-state index contributed by atoms with van der Waals surface area (Å²) < 4.78 is 25.2. The van der Waals surface area contributed by atoms with Crippen LogP contribution in [-0.4, -0.2) is 25.6 Å². The van der Waals surface area contributed by atoms with E-state index in [9.17, 15) is 13.2 Å². The van der Waals surface area contributed by atoms with Crippen LogP contribution in [-0.2, 0) is 14.6 Å². The van der Waals surface area contributed by atoms with E-state index in [1.807, 2.05) is 13.8 Å². The van der Waals surface area contributed by atoms with Crippen molar-refractivity contribution >= 4 is 15.7 Å². The van der Waals surface area contributed by atoms with E-state index >= 15 is 0 Å². The highest BCUT2D eigenvalue weighted by molar-refractivity contribution is 7.92. The molecule has 1 aromatic rings. The van der Waals surface area contributed by atoms with Crippen LogP contribution in [0.15, 0.2) is 23.1 Å². The summed E-state index contributed by atoms with van der Waals surface area (Å²) in [5.74, 6) is -0.384. The lowest BCUT2D eigenvalue weighted by Gasteiger charge is -2.24. The van der Waals surface area contributed by atoms with E-state index in [0.29, 0.717) is 0 Å². The minimum Gasteiger partial charge on any atom is -0.352 e. The number of benzene rings is 1. The number of rotatable bonds is 4. The van der Waals surface area contributed by atoms with Gasteiger partial charge in [0, 0.05) is 6.04 Å². The van der Waals surface area contributed by atoms with Crippen molar-refractivity contribution in [2.24, 2.45) is 0 Å². The molecule has 1 aliphatic rings. The van der Waals surface area contributed by atoms with E-state index < -0.39 is 15.1 Å². The Morgan fingerprint density at radius 1 is 1.14 bits per heavy atom. The van der Waals surface area contributed by atoms with Gasteiger partial charge in [-0.1, -0.05) is 25.3 Å². The van der Waals surface area contributed by atoms with Gasteiger partial charge < -0.3 is 5.32 Å². The molecule has 1 unspecified atom stereocenters. The largest absolute Gasteiger partial charge is 0.352 e. The SMILES string of the molecule is Cc1ccc(S(=O)(=O)C(C)C(=O)NC2CCCCC2)cc1C. The first-order valence-corrected chi connectivity index (χ1v) is 9.48. The maximum Gasteiger partial charge on any atom is 0.238 e. The van der Waals surface area contributed by atoms with Crippen molar-refractivity contribution < 1.29 is 13.2 Å². The third-order valence-electron chi connectivity index (χ3n) is 4.59. The monoisotopic (exact) mass is 323 g/mol. The van der Waals surface area contributed by atoms with Crippen molar-refractivity contribution in [2.75, 3.05) is 0 Å². The van der Waals surface area contributed by atoms with Crippen molar-refractivity contribution in [1.29, 1.82) is 0 Å². The van der Waals surface area contributed by atoms with Crippen LogP contribution in [0.5, 0.6) is 0 Å². The first-order valence-electron chi connectivity index (χ1n) is 7.94. The van der Waals surface area contributed by atoms with Crippen LogP contribution < -0.4 is 5.32 Å². The minimum atomic E-state index is -3.64. The van der Waals surface area contributed by atoms with Crippen LogP contribution in [0.3, 0.4) is 0 Å². The van der Waals surface area contributed by atoms with E-state index in [2.05, 4.69) is 5.32 Å². The van der Waals surface area contributed by atoms with Gasteiger partial charge >= 0.3 is 0 Å². The molecule has 22 heavy (non-hydrogen) atoms. The number of carbonyl (C=O) groups excluding carboxylic acids is 1. The summed E-state index contributed by atoms with van der Waals surface area (Å²) in [6.07, 6.45) is 5.29. The molecule has 4 nitrogen and oxygen atoms in total. The molecule has 0 spiro atoms. The van der Waals surface area contributed by atoms with Crippen molar-refractivity contribution in [3.63, 3.8) is 0 Å². The average molecular weight is 323 g/mol. The topological polar surface area (TPSA) is 63.2 Å². The Morgan fingerprint density at radius 2 is 1.77 bits per heavy atom. The zero-order chi connectivity index (χ0) is 16.3. The molecule has 0 radical (unpaired) electrons. The summed E-state index contributed by atoms with van der Waals surface area (Å²) in [7, 11) is -3.64. The second kappa shape index (κ2) is 6.82. The molecule has 2 rings (SSSR count). The maximum absolute atomic E-state index is 12.6. The number of nitrogens with one attached hydrogen (secondary N) is 1. The van der Waals surface area contributed by atoms with E-state index in [1.165, 1.54) is 13.3 Å². The summed E-state index contributed by atoms with van der Waals surface area (Å²) in [5.41, 5.74) is 1.96. The highest BCUT2D eigenvalue weighted by atomic mass is 32.2. The van der Waals surface area contributed by atoms with E-state index in [1.54, 1.807) is 18.2 Å². The summed E-state index contributed by atoms with van der Waals surface area (Å²) >= 11 is 0. The van der Waals surface area contributed by atoms with Crippen molar-refractivity contribution in [1.82, 2.24) is 5.32 Å². The molecular weight excluding hydrogens is 298 g/mol. The lowest BCUT2D eigenvalue weighted by molar-refractivity contribution is -0.121. The standard InChI is InChI=1S/C17H25NO3S/c1-12-9-10-16(11-13(12)2)22(20,21)14(3)17(19)18-15-7-5-4-6-8-15/h9-11,14-15H,4-8H2,1-3H3,(H,18,19). The Bertz CT molecular complexity index is 646. The predicted octanol–water partition coefficient (Wildman–Crippen LogP) is 2.91. The van der Waals surface area contributed by atoms with Crippen molar-refractivity contribution in [2.45, 2.75) is 69.1 Å². The fourth-order valence-corrected chi connectivity index (χ4v) is 4.16. The van der Waals surface area contributed by atoms with Crippen LogP contribution in [0.25, 0.3) is 0 Å². The third kappa shape index (κ3) is 3.69. The Balaban J connectivity index is 2.13. The fraction of sp³-hybridized carbons (Fsp3) is 0.588. The molecule has 1 fully saturated rings. The molecule has 1 amide bonds. The van der Waals surface area contributed by atoms with E-state index in [-0.39, 0.29) is 16.8 Å². The zero-order valence-corrected chi connectivity index (χ0v) is 14.4. The van der Waals surface area contributed by atoms with Gasteiger partial charge in [0.1, 0.15) is 5.25 Å². The summed E-state index contributed by atoms with van der Waals surface area (Å²) in [6, 6.07) is 5.14. The lowest BCUT2D eigenvalue weighted by atomic mass is 9.95. The number of sulfone groups is 1. The summed E-state index contributed by atoms with van der Waals surface area (Å²) in [6.45, 7) is 5.29. The van der Waals surface area contributed by atoms with Crippen LogP contribution >= 0.6 is 0 Å². The molecule has 122 valence electrons. The van der Waals surface area contributed by atoms with Gasteiger partial charge in [-0.15, -0.1) is 0 Å². The maximum atomic E-state index is 12.6. The molecule has 1 atom stereocenters. The van der Waals surface area contributed by atoms with Gasteiger partial charge in [-0.05, 0) is 56.9 Å². The van der Waals surface area contributed by atoms with Crippen LogP contribution in [0, 0.1) is 13.8 Å². The number of hydrogen-bond acceptors (Lipinski definition) is 3. The van der Waals surface area contributed by atoms with Crippen LogP contribution in [0.2, 0.25) is 0 Å². The first kappa shape index (κ1) is 17.0. The van der Waals surface area contributed by atoms with Gasteiger partial charge in [-0.3, -0.25) is 4.79 Å². The van der Waals surface area contributed by atoms with Gasteiger partial charge in [0.05, 0.1) is 4.90 Å². The van der Waals surface area contributed by atoms with Gasteiger partial charge in [0.25, 0.3) is 0 Å². The average Bonchev–Trinajstić information content (AvgIpc) is 2.50. The number of carbonyl (C=O) groups is 1. The normalized spacial score (nSPS) is 18.0. The third-order valence-corrected chi connectivity index (χ3v) is 6.65. The molecule has 0 heterocycles. The van der Waals surface area contributed by atoms with Crippen molar-refractivity contribution in [3.05, 3.63) is 29.3 Å². The molecule has 1 N–H and O–H groups in total. The fourth-order valence-electron chi connectivity index (χ4n) is 2.80. The lowest BCUT2D eigenvalue weighted by Crippen LogP contribution is -2.44. The number of amides is 1. The second-order valence-electron chi connectivity index (χ2n) is 6.28. The minimum absolute atomic E-state index is 0.124. The van der Waals surface area contributed by atoms with E-state index in [4.69, 9.17) is 0 Å². The quantitative estimate of drug-likeness (QED) is 0.926. The van der Waals surface area contributed by atoms with Gasteiger partial charge in [-0.2, -0.15) is 0 Å². The molecule has 0 aromatic heterocycles. The molecule has 1 saturated carbocycles. The Kier molecular flexibility index (Phi) is 5.27. The van der Waals surface area contributed by atoms with Crippen LogP contribution in [0.4, 0.5) is 0 Å². The first-order chi connectivity index (χ1) is 10.3. The molecule has 0 bridgehead atoms. The Hall–Kier alpha value is -1.36. The smallest absolute Gasteiger partial charge is 0.238 e. The van der Waals surface area contributed by atoms with Gasteiger partial charge in [0.15, 0.2) is 9.84 Å². The molecular formula is C17H25NO3S. The molecule has 1 aromatic carbocycles. The molecule has 1 aliphatic carbocycles. The highest BCUT2D eigenvalue weighted by Crippen LogP contribution is 2.21. The zero-order valence-electron chi connectivity index (χ0n) is 13.6.